The van der Waals surface area contributed by atoms with Gasteiger partial charge in [-0.05, 0) is 42.7 Å². The molecular formula is C22H26N6O2. The summed E-state index contributed by atoms with van der Waals surface area (Å²) in [6.45, 7) is 5.24. The maximum Gasteiger partial charge on any atom is 0.254 e. The van der Waals surface area contributed by atoms with Crippen LogP contribution in [0.25, 0.3) is 11.0 Å². The Morgan fingerprint density at radius 1 is 1.13 bits per heavy atom. The lowest BCUT2D eigenvalue weighted by molar-refractivity contribution is 0.111. The van der Waals surface area contributed by atoms with Crippen LogP contribution >= 0.6 is 0 Å². The zero-order valence-corrected chi connectivity index (χ0v) is 16.9. The van der Waals surface area contributed by atoms with Gasteiger partial charge in [0.25, 0.3) is 5.56 Å². The van der Waals surface area contributed by atoms with Crippen LogP contribution in [-0.2, 0) is 11.3 Å². The first kappa shape index (κ1) is 19.0. The number of ether oxygens (including phenoxy) is 1. The number of rotatable bonds is 4. The Morgan fingerprint density at radius 3 is 2.73 bits per heavy atom. The lowest BCUT2D eigenvalue weighted by Crippen LogP contribution is -2.46. The van der Waals surface area contributed by atoms with Crippen LogP contribution in [0.2, 0.25) is 0 Å². The summed E-state index contributed by atoms with van der Waals surface area (Å²) in [5, 5.41) is 0. The number of hydrogen-bond acceptors (Lipinski definition) is 7. The summed E-state index contributed by atoms with van der Waals surface area (Å²) in [4.78, 5) is 29.2. The average Bonchev–Trinajstić information content (AvgIpc) is 3.29. The molecule has 3 N–H and O–H groups in total. The largest absolute Gasteiger partial charge is 0.397 e. The molecule has 2 aliphatic heterocycles. The third-order valence-electron chi connectivity index (χ3n) is 5.93. The number of aromatic nitrogens is 3. The number of pyridine rings is 3. The third kappa shape index (κ3) is 3.88. The van der Waals surface area contributed by atoms with Gasteiger partial charge >= 0.3 is 0 Å². The summed E-state index contributed by atoms with van der Waals surface area (Å²) in [7, 11) is 0. The van der Waals surface area contributed by atoms with Crippen molar-refractivity contribution in [1.82, 2.24) is 19.9 Å². The molecule has 0 spiro atoms. The second-order valence-electron chi connectivity index (χ2n) is 8.04. The van der Waals surface area contributed by atoms with E-state index in [0.717, 1.165) is 74.6 Å². The highest BCUT2D eigenvalue weighted by Crippen LogP contribution is 2.27. The summed E-state index contributed by atoms with van der Waals surface area (Å²) in [6.07, 6.45) is 5.40. The number of H-pyrrole nitrogens is 1. The normalized spacial score (nSPS) is 20.1. The molecule has 8 heteroatoms. The van der Waals surface area contributed by atoms with Crippen molar-refractivity contribution < 1.29 is 4.74 Å². The van der Waals surface area contributed by atoms with Gasteiger partial charge in [0, 0.05) is 51.1 Å². The molecule has 0 radical (unpaired) electrons. The van der Waals surface area contributed by atoms with E-state index in [4.69, 9.17) is 10.5 Å². The van der Waals surface area contributed by atoms with Crippen molar-refractivity contribution in [3.63, 3.8) is 0 Å². The van der Waals surface area contributed by atoms with Crippen molar-refractivity contribution in [2.45, 2.75) is 25.5 Å². The topological polar surface area (TPSA) is 100 Å². The van der Waals surface area contributed by atoms with Gasteiger partial charge < -0.3 is 20.4 Å². The van der Waals surface area contributed by atoms with E-state index in [1.165, 1.54) is 0 Å². The summed E-state index contributed by atoms with van der Waals surface area (Å²) in [5.74, 6) is 0.968. The Kier molecular flexibility index (Phi) is 5.10. The molecule has 0 amide bonds. The predicted molar refractivity (Wildman–Crippen MR) is 116 cm³/mol. The van der Waals surface area contributed by atoms with Crippen LogP contribution in [-0.4, -0.2) is 52.6 Å². The zero-order valence-electron chi connectivity index (χ0n) is 16.9. The minimum Gasteiger partial charge on any atom is -0.397 e. The Bertz CT molecular complexity index is 1080. The highest BCUT2D eigenvalue weighted by atomic mass is 16.5. The molecule has 5 heterocycles. The maximum absolute atomic E-state index is 12.5. The Morgan fingerprint density at radius 2 is 2.00 bits per heavy atom. The van der Waals surface area contributed by atoms with E-state index in [9.17, 15) is 4.79 Å². The summed E-state index contributed by atoms with van der Waals surface area (Å²) >= 11 is 0. The molecule has 3 aromatic heterocycles. The molecule has 8 nitrogen and oxygen atoms in total. The van der Waals surface area contributed by atoms with Crippen LogP contribution in [0.1, 0.15) is 30.1 Å². The molecule has 0 aromatic carbocycles. The van der Waals surface area contributed by atoms with Gasteiger partial charge in [-0.15, -0.1) is 0 Å². The number of nitrogens with one attached hydrogen (secondary N) is 1. The van der Waals surface area contributed by atoms with E-state index in [1.807, 2.05) is 30.5 Å². The first-order valence-electron chi connectivity index (χ1n) is 10.5. The van der Waals surface area contributed by atoms with Gasteiger partial charge in [0.1, 0.15) is 5.82 Å². The molecule has 0 saturated carbocycles. The van der Waals surface area contributed by atoms with E-state index in [2.05, 4.69) is 24.8 Å². The number of fused-ring (bicyclic) bond motifs is 1. The number of piperazine rings is 1. The smallest absolute Gasteiger partial charge is 0.254 e. The molecule has 2 fully saturated rings. The number of aromatic amines is 1. The molecule has 0 aliphatic carbocycles. The fourth-order valence-corrected chi connectivity index (χ4v) is 4.27. The molecule has 3 aromatic rings. The standard InChI is InChI=1S/C22H26N6O2/c23-16-3-4-21(25-13-16)28-7-5-27(6-8-28)14-15-10-19-18(24-12-15)11-17(22(29)26-19)20-2-1-9-30-20/h3-4,10-13,20H,1-2,5-9,14,23H2,(H,26,29)/t20-/m0/s1. The Labute approximate surface area is 174 Å². The van der Waals surface area contributed by atoms with Crippen molar-refractivity contribution in [1.29, 1.82) is 0 Å². The number of hydrogen-bond donors (Lipinski definition) is 2. The molecule has 5 rings (SSSR count). The Balaban J connectivity index is 1.26. The van der Waals surface area contributed by atoms with Gasteiger partial charge in [-0.1, -0.05) is 0 Å². The minimum atomic E-state index is -0.105. The molecule has 0 bridgehead atoms. The van der Waals surface area contributed by atoms with Crippen molar-refractivity contribution in [2.24, 2.45) is 0 Å². The quantitative estimate of drug-likeness (QED) is 0.684. The number of anilines is 2. The van der Waals surface area contributed by atoms with E-state index >= 15 is 0 Å². The fraction of sp³-hybridized carbons (Fsp3) is 0.409. The SMILES string of the molecule is Nc1ccc(N2CCN(Cc3cnc4cc([C@@H]5CCCO5)c(=O)[nH]c4c3)CC2)nc1. The third-order valence-corrected chi connectivity index (χ3v) is 5.93. The van der Waals surface area contributed by atoms with E-state index in [0.29, 0.717) is 11.3 Å². The first-order valence-corrected chi connectivity index (χ1v) is 10.5. The molecule has 2 saturated heterocycles. The van der Waals surface area contributed by atoms with Gasteiger partial charge in [0.15, 0.2) is 0 Å². The van der Waals surface area contributed by atoms with Crippen LogP contribution in [0.3, 0.4) is 0 Å². The van der Waals surface area contributed by atoms with Crippen molar-refractivity contribution >= 4 is 22.5 Å². The highest BCUT2D eigenvalue weighted by molar-refractivity contribution is 5.75. The number of nitrogens with two attached hydrogens (primary N) is 1. The zero-order chi connectivity index (χ0) is 20.5. The van der Waals surface area contributed by atoms with Crippen LogP contribution in [0.15, 0.2) is 41.5 Å². The molecular weight excluding hydrogens is 380 g/mol. The van der Waals surface area contributed by atoms with Crippen molar-refractivity contribution in [3.8, 4) is 0 Å². The van der Waals surface area contributed by atoms with Gasteiger partial charge in [0.2, 0.25) is 0 Å². The first-order chi connectivity index (χ1) is 14.7. The molecule has 2 aliphatic rings. The number of nitrogen functional groups attached to an aromatic ring is 1. The predicted octanol–water partition coefficient (Wildman–Crippen LogP) is 2.07. The van der Waals surface area contributed by atoms with E-state index in [1.54, 1.807) is 6.20 Å². The highest BCUT2D eigenvalue weighted by Gasteiger charge is 2.22. The lowest BCUT2D eigenvalue weighted by atomic mass is 10.1. The van der Waals surface area contributed by atoms with Crippen molar-refractivity contribution in [3.05, 3.63) is 58.1 Å². The Hall–Kier alpha value is -2.97. The van der Waals surface area contributed by atoms with Crippen LogP contribution < -0.4 is 16.2 Å². The van der Waals surface area contributed by atoms with Gasteiger partial charge in [0.05, 0.1) is 29.0 Å². The van der Waals surface area contributed by atoms with Gasteiger partial charge in [-0.25, -0.2) is 4.98 Å². The van der Waals surface area contributed by atoms with Gasteiger partial charge in [-0.2, -0.15) is 0 Å². The second-order valence-corrected chi connectivity index (χ2v) is 8.04. The van der Waals surface area contributed by atoms with Crippen LogP contribution in [0.4, 0.5) is 11.5 Å². The van der Waals surface area contributed by atoms with E-state index < -0.39 is 0 Å². The minimum absolute atomic E-state index is 0.0713. The lowest BCUT2D eigenvalue weighted by Gasteiger charge is -2.35. The molecule has 0 unspecified atom stereocenters. The van der Waals surface area contributed by atoms with Gasteiger partial charge in [-0.3, -0.25) is 14.7 Å². The van der Waals surface area contributed by atoms with Crippen LogP contribution in [0.5, 0.6) is 0 Å². The summed E-state index contributed by atoms with van der Waals surface area (Å²) < 4.78 is 5.67. The van der Waals surface area contributed by atoms with E-state index in [-0.39, 0.29) is 11.7 Å². The summed E-state index contributed by atoms with van der Waals surface area (Å²) in [5.41, 5.74) is 9.72. The molecule has 156 valence electrons. The number of nitrogens with zero attached hydrogens (tertiary/aromatic N) is 4. The summed E-state index contributed by atoms with van der Waals surface area (Å²) in [6, 6.07) is 7.78. The molecule has 1 atom stereocenters. The second kappa shape index (κ2) is 8.04. The monoisotopic (exact) mass is 406 g/mol. The van der Waals surface area contributed by atoms with Crippen molar-refractivity contribution in [2.75, 3.05) is 43.4 Å². The van der Waals surface area contributed by atoms with Crippen LogP contribution in [0, 0.1) is 0 Å². The fourth-order valence-electron chi connectivity index (χ4n) is 4.27. The average molecular weight is 406 g/mol. The molecule has 30 heavy (non-hydrogen) atoms. The maximum atomic E-state index is 12.5.